The van der Waals surface area contributed by atoms with Crippen LogP contribution in [0, 0.1) is 6.92 Å². The number of nitrogens with zero attached hydrogens (tertiary/aromatic N) is 1. The lowest BCUT2D eigenvalue weighted by Crippen LogP contribution is -2.27. The molecule has 1 N–H and O–H groups in total. The predicted octanol–water partition coefficient (Wildman–Crippen LogP) is 3.75. The number of nitrogens with one attached hydrogen (secondary N) is 1. The highest BCUT2D eigenvalue weighted by Gasteiger charge is 2.11. The Kier molecular flexibility index (Phi) is 4.71. The number of amides is 1. The van der Waals surface area contributed by atoms with E-state index >= 15 is 0 Å². The van der Waals surface area contributed by atoms with Gasteiger partial charge in [0.05, 0.1) is 5.01 Å². The van der Waals surface area contributed by atoms with Crippen LogP contribution in [0.2, 0.25) is 0 Å². The van der Waals surface area contributed by atoms with E-state index in [0.717, 1.165) is 15.0 Å². The minimum atomic E-state index is -0.0426. The third kappa shape index (κ3) is 3.64. The van der Waals surface area contributed by atoms with Crippen LogP contribution in [0.3, 0.4) is 0 Å². The molecule has 1 heterocycles. The molecule has 100 valence electrons. The number of hydrogen-bond acceptors (Lipinski definition) is 3. The third-order valence-electron chi connectivity index (χ3n) is 2.86. The molecule has 0 saturated carbocycles. The lowest BCUT2D eigenvalue weighted by atomic mass is 10.1. The average Bonchev–Trinajstić information content (AvgIpc) is 2.92. The van der Waals surface area contributed by atoms with Crippen molar-refractivity contribution in [1.82, 2.24) is 10.3 Å². The maximum atomic E-state index is 12.0. The van der Waals surface area contributed by atoms with Gasteiger partial charge in [-0.1, -0.05) is 22.9 Å². The second kappa shape index (κ2) is 6.30. The molecule has 0 aliphatic heterocycles. The maximum Gasteiger partial charge on any atom is 0.251 e. The first-order valence-corrected chi connectivity index (χ1v) is 7.69. The van der Waals surface area contributed by atoms with Crippen molar-refractivity contribution in [2.24, 2.45) is 0 Å². The standard InChI is InChI=1S/C14H15BrN2OS/c1-9-7-11(3-4-12(9)15)13(18)17-8-10(2)14-16-5-6-19-14/h3-7,10H,8H2,1-2H3,(H,17,18). The first-order valence-electron chi connectivity index (χ1n) is 6.01. The Bertz CT molecular complexity index is 569. The van der Waals surface area contributed by atoms with Gasteiger partial charge in [0, 0.05) is 34.1 Å². The van der Waals surface area contributed by atoms with Gasteiger partial charge in [0.2, 0.25) is 0 Å². The van der Waals surface area contributed by atoms with E-state index in [2.05, 4.69) is 33.2 Å². The Morgan fingerprint density at radius 1 is 1.53 bits per heavy atom. The molecule has 0 bridgehead atoms. The van der Waals surface area contributed by atoms with Gasteiger partial charge in [-0.05, 0) is 30.7 Å². The highest BCUT2D eigenvalue weighted by Crippen LogP contribution is 2.18. The maximum absolute atomic E-state index is 12.0. The van der Waals surface area contributed by atoms with Gasteiger partial charge in [-0.3, -0.25) is 4.79 Å². The van der Waals surface area contributed by atoms with Crippen LogP contribution in [0.4, 0.5) is 0 Å². The minimum Gasteiger partial charge on any atom is -0.351 e. The topological polar surface area (TPSA) is 42.0 Å². The number of carbonyl (C=O) groups excluding carboxylic acids is 1. The molecule has 5 heteroatoms. The summed E-state index contributed by atoms with van der Waals surface area (Å²) in [5.74, 6) is 0.194. The average molecular weight is 339 g/mol. The molecule has 3 nitrogen and oxygen atoms in total. The normalized spacial score (nSPS) is 12.2. The summed E-state index contributed by atoms with van der Waals surface area (Å²) >= 11 is 5.04. The van der Waals surface area contributed by atoms with Crippen molar-refractivity contribution in [3.8, 4) is 0 Å². The van der Waals surface area contributed by atoms with Gasteiger partial charge in [-0.25, -0.2) is 4.98 Å². The lowest BCUT2D eigenvalue weighted by molar-refractivity contribution is 0.0951. The van der Waals surface area contributed by atoms with Gasteiger partial charge in [0.15, 0.2) is 0 Å². The molecule has 2 rings (SSSR count). The molecule has 1 amide bonds. The van der Waals surface area contributed by atoms with Crippen molar-refractivity contribution in [1.29, 1.82) is 0 Å². The van der Waals surface area contributed by atoms with E-state index in [1.54, 1.807) is 17.5 Å². The van der Waals surface area contributed by atoms with Gasteiger partial charge in [0.25, 0.3) is 5.91 Å². The number of halogens is 1. The summed E-state index contributed by atoms with van der Waals surface area (Å²) in [6, 6.07) is 5.60. The van der Waals surface area contributed by atoms with Gasteiger partial charge >= 0.3 is 0 Å². The van der Waals surface area contributed by atoms with Crippen LogP contribution >= 0.6 is 27.3 Å². The van der Waals surface area contributed by atoms with Gasteiger partial charge in [-0.2, -0.15) is 0 Å². The summed E-state index contributed by atoms with van der Waals surface area (Å²) in [7, 11) is 0. The van der Waals surface area contributed by atoms with Crippen molar-refractivity contribution in [3.63, 3.8) is 0 Å². The molecule has 1 unspecified atom stereocenters. The first kappa shape index (κ1) is 14.2. The molecule has 0 radical (unpaired) electrons. The summed E-state index contributed by atoms with van der Waals surface area (Å²) in [4.78, 5) is 16.3. The zero-order valence-electron chi connectivity index (χ0n) is 10.8. The van der Waals surface area contributed by atoms with E-state index in [4.69, 9.17) is 0 Å². The molecule has 2 aromatic rings. The molecule has 0 aliphatic rings. The Morgan fingerprint density at radius 2 is 2.32 bits per heavy atom. The van der Waals surface area contributed by atoms with Gasteiger partial charge < -0.3 is 5.32 Å². The van der Waals surface area contributed by atoms with Crippen molar-refractivity contribution >= 4 is 33.2 Å². The smallest absolute Gasteiger partial charge is 0.251 e. The number of benzene rings is 1. The van der Waals surface area contributed by atoms with Crippen molar-refractivity contribution in [2.45, 2.75) is 19.8 Å². The van der Waals surface area contributed by atoms with Gasteiger partial charge in [0.1, 0.15) is 0 Å². The molecule has 0 fully saturated rings. The van der Waals surface area contributed by atoms with E-state index < -0.39 is 0 Å². The van der Waals surface area contributed by atoms with Crippen LogP contribution in [-0.4, -0.2) is 17.4 Å². The molecule has 19 heavy (non-hydrogen) atoms. The van der Waals surface area contributed by atoms with Crippen LogP contribution in [0.15, 0.2) is 34.2 Å². The van der Waals surface area contributed by atoms with Crippen molar-refractivity contribution < 1.29 is 4.79 Å². The quantitative estimate of drug-likeness (QED) is 0.922. The molecular weight excluding hydrogens is 324 g/mol. The number of rotatable bonds is 4. The van der Waals surface area contributed by atoms with E-state index in [1.807, 2.05) is 30.5 Å². The second-order valence-electron chi connectivity index (χ2n) is 4.45. The van der Waals surface area contributed by atoms with E-state index in [-0.39, 0.29) is 11.8 Å². The highest BCUT2D eigenvalue weighted by molar-refractivity contribution is 9.10. The number of hydrogen-bond donors (Lipinski definition) is 1. The van der Waals surface area contributed by atoms with Crippen LogP contribution in [-0.2, 0) is 0 Å². The predicted molar refractivity (Wildman–Crippen MR) is 81.7 cm³/mol. The Morgan fingerprint density at radius 3 is 2.95 bits per heavy atom. The monoisotopic (exact) mass is 338 g/mol. The zero-order valence-corrected chi connectivity index (χ0v) is 13.2. The van der Waals surface area contributed by atoms with Crippen LogP contribution in [0.5, 0.6) is 0 Å². The Labute approximate surface area is 125 Å². The third-order valence-corrected chi connectivity index (χ3v) is 4.76. The van der Waals surface area contributed by atoms with Crippen molar-refractivity contribution in [2.75, 3.05) is 6.54 Å². The van der Waals surface area contributed by atoms with Crippen molar-refractivity contribution in [3.05, 3.63) is 50.4 Å². The molecule has 0 aliphatic carbocycles. The second-order valence-corrected chi connectivity index (χ2v) is 6.23. The number of carbonyl (C=O) groups is 1. The van der Waals surface area contributed by atoms with Crippen LogP contribution < -0.4 is 5.32 Å². The summed E-state index contributed by atoms with van der Waals surface area (Å²) in [6.07, 6.45) is 1.79. The fraction of sp³-hybridized carbons (Fsp3) is 0.286. The molecule has 0 saturated heterocycles. The highest BCUT2D eigenvalue weighted by atomic mass is 79.9. The number of aromatic nitrogens is 1. The molecular formula is C14H15BrN2OS. The lowest BCUT2D eigenvalue weighted by Gasteiger charge is -2.10. The molecule has 1 aromatic heterocycles. The minimum absolute atomic E-state index is 0.0426. The zero-order chi connectivity index (χ0) is 13.8. The fourth-order valence-electron chi connectivity index (χ4n) is 1.70. The van der Waals surface area contributed by atoms with Crippen LogP contribution in [0.1, 0.15) is 33.8 Å². The fourth-order valence-corrected chi connectivity index (χ4v) is 2.64. The van der Waals surface area contributed by atoms with Crippen LogP contribution in [0.25, 0.3) is 0 Å². The van der Waals surface area contributed by atoms with E-state index in [1.165, 1.54) is 0 Å². The molecule has 1 atom stereocenters. The summed E-state index contributed by atoms with van der Waals surface area (Å²) in [6.45, 7) is 4.63. The molecule has 1 aromatic carbocycles. The van der Waals surface area contributed by atoms with Gasteiger partial charge in [-0.15, -0.1) is 11.3 Å². The SMILES string of the molecule is Cc1cc(C(=O)NCC(C)c2nccs2)ccc1Br. The number of thiazole rings is 1. The number of aryl methyl sites for hydroxylation is 1. The summed E-state index contributed by atoms with van der Waals surface area (Å²) in [5, 5.41) is 5.94. The Balaban J connectivity index is 1.96. The van der Waals surface area contributed by atoms with E-state index in [9.17, 15) is 4.79 Å². The summed E-state index contributed by atoms with van der Waals surface area (Å²) in [5.41, 5.74) is 1.74. The summed E-state index contributed by atoms with van der Waals surface area (Å²) < 4.78 is 1.01. The molecule has 0 spiro atoms. The Hall–Kier alpha value is -1.20. The first-order chi connectivity index (χ1) is 9.08. The largest absolute Gasteiger partial charge is 0.351 e. The van der Waals surface area contributed by atoms with E-state index in [0.29, 0.717) is 12.1 Å².